The first kappa shape index (κ1) is 23.3. The normalized spacial score (nSPS) is 14.2. The molecule has 0 spiro atoms. The summed E-state index contributed by atoms with van der Waals surface area (Å²) in [4.78, 5) is 2.48. The lowest BCUT2D eigenvalue weighted by molar-refractivity contribution is 0.213. The largest absolute Gasteiger partial charge is 0.300 e. The second kappa shape index (κ2) is 10.9. The first-order chi connectivity index (χ1) is 17.2. The van der Waals surface area contributed by atoms with Crippen LogP contribution in [-0.4, -0.2) is 42.5 Å². The summed E-state index contributed by atoms with van der Waals surface area (Å²) in [6.07, 6.45) is 3.80. The van der Waals surface area contributed by atoms with Gasteiger partial charge in [0.05, 0.1) is 35.7 Å². The molecule has 1 aliphatic rings. The number of hydrogen-bond acceptors (Lipinski definition) is 6. The number of thioether (sulfide) groups is 1. The maximum atomic E-state index is 9.84. The van der Waals surface area contributed by atoms with Gasteiger partial charge in [0.15, 0.2) is 5.16 Å². The summed E-state index contributed by atoms with van der Waals surface area (Å²) in [7, 11) is 0. The minimum atomic E-state index is 0.579. The summed E-state index contributed by atoms with van der Waals surface area (Å²) in [5, 5.41) is 24.6. The van der Waals surface area contributed by atoms with Crippen LogP contribution in [0.25, 0.3) is 5.69 Å². The lowest BCUT2D eigenvalue weighted by Gasteiger charge is -2.26. The zero-order valence-corrected chi connectivity index (χ0v) is 20.8. The molecule has 0 saturated carbocycles. The molecule has 178 valence electrons. The van der Waals surface area contributed by atoms with Crippen LogP contribution in [0.15, 0.2) is 65.8 Å². The zero-order chi connectivity index (χ0) is 24.0. The van der Waals surface area contributed by atoms with Crippen molar-refractivity contribution >= 4 is 11.8 Å². The number of nitrogens with zero attached hydrogens (tertiary/aromatic N) is 7. The van der Waals surface area contributed by atoms with Crippen molar-refractivity contribution in [2.45, 2.75) is 50.2 Å². The lowest BCUT2D eigenvalue weighted by atomic mass is 10.1. The maximum absolute atomic E-state index is 9.84. The molecule has 3 heterocycles. The van der Waals surface area contributed by atoms with Crippen LogP contribution in [0, 0.1) is 18.3 Å². The third-order valence-corrected chi connectivity index (χ3v) is 7.38. The summed E-state index contributed by atoms with van der Waals surface area (Å²) in [6.45, 7) is 5.65. The molecular weight excluding hydrogens is 454 g/mol. The van der Waals surface area contributed by atoms with Crippen LogP contribution in [0.2, 0.25) is 0 Å². The van der Waals surface area contributed by atoms with Crippen LogP contribution in [0.1, 0.15) is 47.6 Å². The van der Waals surface area contributed by atoms with E-state index in [9.17, 15) is 5.26 Å². The fraction of sp³-hybridized carbons (Fsp3) is 0.333. The van der Waals surface area contributed by atoms with E-state index in [0.29, 0.717) is 11.3 Å². The molecule has 2 aromatic heterocycles. The van der Waals surface area contributed by atoms with Gasteiger partial charge in [-0.15, -0.1) is 10.2 Å². The highest BCUT2D eigenvalue weighted by Crippen LogP contribution is 2.28. The second-order valence-corrected chi connectivity index (χ2v) is 9.80. The van der Waals surface area contributed by atoms with Crippen LogP contribution >= 0.6 is 11.8 Å². The molecule has 2 aromatic carbocycles. The molecule has 1 fully saturated rings. The number of para-hydroxylation sites is 1. The first-order valence-electron chi connectivity index (χ1n) is 12.1. The third-order valence-electron chi connectivity index (χ3n) is 6.40. The predicted molar refractivity (Wildman–Crippen MR) is 137 cm³/mol. The van der Waals surface area contributed by atoms with Gasteiger partial charge in [-0.25, -0.2) is 4.68 Å². The summed E-state index contributed by atoms with van der Waals surface area (Å²) in [5.74, 6) is 1.57. The Balaban J connectivity index is 1.44. The molecule has 0 N–H and O–H groups in total. The van der Waals surface area contributed by atoms with Gasteiger partial charge >= 0.3 is 0 Å². The fourth-order valence-corrected chi connectivity index (χ4v) is 5.51. The van der Waals surface area contributed by atoms with Crippen LogP contribution in [-0.2, 0) is 18.8 Å². The molecule has 0 bridgehead atoms. The van der Waals surface area contributed by atoms with Gasteiger partial charge in [-0.1, -0.05) is 66.7 Å². The summed E-state index contributed by atoms with van der Waals surface area (Å²) in [5.41, 5.74) is 4.42. The number of piperidine rings is 1. The molecule has 35 heavy (non-hydrogen) atoms. The van der Waals surface area contributed by atoms with Crippen molar-refractivity contribution < 1.29 is 0 Å². The Labute approximate surface area is 210 Å². The van der Waals surface area contributed by atoms with Crippen molar-refractivity contribution in [3.05, 3.63) is 89.0 Å². The van der Waals surface area contributed by atoms with E-state index in [-0.39, 0.29) is 0 Å². The van der Waals surface area contributed by atoms with E-state index in [1.54, 1.807) is 11.8 Å². The van der Waals surface area contributed by atoms with Gasteiger partial charge in [0.2, 0.25) is 0 Å². The molecule has 0 aliphatic carbocycles. The number of hydrogen-bond donors (Lipinski definition) is 0. The molecule has 7 nitrogen and oxygen atoms in total. The molecule has 1 aliphatic heterocycles. The molecule has 0 atom stereocenters. The average Bonchev–Trinajstić information content (AvgIpc) is 3.43. The smallest absolute Gasteiger partial charge is 0.191 e. The lowest BCUT2D eigenvalue weighted by Crippen LogP contribution is -2.30. The summed E-state index contributed by atoms with van der Waals surface area (Å²) >= 11 is 1.61. The highest BCUT2D eigenvalue weighted by molar-refractivity contribution is 7.98. The van der Waals surface area contributed by atoms with Crippen molar-refractivity contribution in [1.29, 1.82) is 5.26 Å². The Morgan fingerprint density at radius 3 is 2.34 bits per heavy atom. The second-order valence-electron chi connectivity index (χ2n) is 8.86. The number of rotatable bonds is 8. The van der Waals surface area contributed by atoms with E-state index in [1.807, 2.05) is 48.0 Å². The Morgan fingerprint density at radius 2 is 1.63 bits per heavy atom. The van der Waals surface area contributed by atoms with Crippen molar-refractivity contribution in [2.75, 3.05) is 13.1 Å². The van der Waals surface area contributed by atoms with Crippen molar-refractivity contribution in [3.8, 4) is 11.8 Å². The minimum absolute atomic E-state index is 0.579. The van der Waals surface area contributed by atoms with Crippen LogP contribution in [0.4, 0.5) is 0 Å². The van der Waals surface area contributed by atoms with Crippen LogP contribution in [0.5, 0.6) is 0 Å². The molecule has 8 heteroatoms. The topological polar surface area (TPSA) is 75.6 Å². The van der Waals surface area contributed by atoms with E-state index in [4.69, 9.17) is 0 Å². The van der Waals surface area contributed by atoms with Gasteiger partial charge in [-0.2, -0.15) is 10.4 Å². The van der Waals surface area contributed by atoms with Gasteiger partial charge in [0, 0.05) is 5.75 Å². The van der Waals surface area contributed by atoms with E-state index in [0.717, 1.165) is 54.2 Å². The minimum Gasteiger partial charge on any atom is -0.300 e. The van der Waals surface area contributed by atoms with Crippen LogP contribution in [0.3, 0.4) is 0 Å². The molecule has 1 saturated heterocycles. The van der Waals surface area contributed by atoms with Crippen molar-refractivity contribution in [2.24, 2.45) is 0 Å². The standard InChI is InChI=1S/C27H29N7S/c1-21-24(17-28)25(34(31-21)23-13-7-3-8-14-23)20-35-27-30-29-26(19-32-15-9-4-10-16-32)33(27)18-22-11-5-2-6-12-22/h2-3,5-8,11-14H,4,9-10,15-16,18-20H2,1H3. The summed E-state index contributed by atoms with van der Waals surface area (Å²) < 4.78 is 4.12. The van der Waals surface area contributed by atoms with E-state index >= 15 is 0 Å². The molecule has 0 unspecified atom stereocenters. The van der Waals surface area contributed by atoms with Crippen molar-refractivity contribution in [3.63, 3.8) is 0 Å². The number of benzene rings is 2. The molecule has 4 aromatic rings. The average molecular weight is 484 g/mol. The Bertz CT molecular complexity index is 1300. The van der Waals surface area contributed by atoms with E-state index < -0.39 is 0 Å². The quantitative estimate of drug-likeness (QED) is 0.329. The number of likely N-dealkylation sites (tertiary alicyclic amines) is 1. The monoisotopic (exact) mass is 483 g/mol. The Hall–Kier alpha value is -3.41. The number of nitriles is 1. The summed E-state index contributed by atoms with van der Waals surface area (Å²) in [6, 6.07) is 22.8. The van der Waals surface area contributed by atoms with Gasteiger partial charge in [-0.05, 0) is 50.6 Å². The zero-order valence-electron chi connectivity index (χ0n) is 20.0. The van der Waals surface area contributed by atoms with Gasteiger partial charge in [0.25, 0.3) is 0 Å². The highest BCUT2D eigenvalue weighted by Gasteiger charge is 2.21. The predicted octanol–water partition coefficient (Wildman–Crippen LogP) is 4.97. The number of aryl methyl sites for hydroxylation is 1. The van der Waals surface area contributed by atoms with Gasteiger partial charge < -0.3 is 4.57 Å². The first-order valence-corrected chi connectivity index (χ1v) is 13.1. The molecule has 0 amide bonds. The van der Waals surface area contributed by atoms with E-state index in [2.05, 4.69) is 55.1 Å². The van der Waals surface area contributed by atoms with E-state index in [1.165, 1.54) is 24.8 Å². The highest BCUT2D eigenvalue weighted by atomic mass is 32.2. The third kappa shape index (κ3) is 5.31. The Morgan fingerprint density at radius 1 is 0.914 bits per heavy atom. The molecule has 5 rings (SSSR count). The Kier molecular flexibility index (Phi) is 7.26. The fourth-order valence-electron chi connectivity index (χ4n) is 4.55. The molecule has 0 radical (unpaired) electrons. The maximum Gasteiger partial charge on any atom is 0.191 e. The SMILES string of the molecule is Cc1nn(-c2ccccc2)c(CSc2nnc(CN3CCCCC3)n2Cc2ccccc2)c1C#N. The van der Waals surface area contributed by atoms with Crippen LogP contribution < -0.4 is 0 Å². The van der Waals surface area contributed by atoms with Gasteiger partial charge in [0.1, 0.15) is 11.9 Å². The van der Waals surface area contributed by atoms with Crippen molar-refractivity contribution in [1.82, 2.24) is 29.4 Å². The van der Waals surface area contributed by atoms with Gasteiger partial charge in [-0.3, -0.25) is 4.90 Å². The number of aromatic nitrogens is 5. The molecular formula is C27H29N7S.